The molecule has 0 aromatic carbocycles. The molecule has 0 radical (unpaired) electrons. The number of aliphatic hydroxyl groups is 1. The third-order valence-electron chi connectivity index (χ3n) is 3.59. The molecular formula is C14H28N2O3. The van der Waals surface area contributed by atoms with E-state index in [-0.39, 0.29) is 0 Å². The van der Waals surface area contributed by atoms with Crippen LogP contribution in [0.3, 0.4) is 0 Å². The van der Waals surface area contributed by atoms with Crippen LogP contribution in [0, 0.1) is 11.8 Å². The van der Waals surface area contributed by atoms with Crippen LogP contribution in [-0.2, 0) is 9.63 Å². The molecule has 2 atom stereocenters. The molecule has 1 saturated carbocycles. The minimum atomic E-state index is -1.19. The summed E-state index contributed by atoms with van der Waals surface area (Å²) in [7, 11) is 0. The van der Waals surface area contributed by atoms with E-state index in [4.69, 9.17) is 10.6 Å². The Bertz CT molecular complexity index is 265. The fourth-order valence-electron chi connectivity index (χ4n) is 2.47. The highest BCUT2D eigenvalue weighted by molar-refractivity contribution is 5.80. The van der Waals surface area contributed by atoms with Crippen molar-refractivity contribution in [3.8, 4) is 0 Å². The number of aliphatic hydroxyl groups excluding tert-OH is 1. The van der Waals surface area contributed by atoms with Gasteiger partial charge in [-0.3, -0.25) is 9.63 Å². The summed E-state index contributed by atoms with van der Waals surface area (Å²) in [6.45, 7) is 4.39. The molecule has 4 N–H and O–H groups in total. The molecule has 1 amide bonds. The van der Waals surface area contributed by atoms with Gasteiger partial charge < -0.3 is 10.8 Å². The summed E-state index contributed by atoms with van der Waals surface area (Å²) in [5, 5.41) is 9.87. The number of hydrogen-bond donors (Lipinski definition) is 3. The number of nitrogens with one attached hydrogen (secondary N) is 1. The fourth-order valence-corrected chi connectivity index (χ4v) is 2.47. The molecular weight excluding hydrogens is 244 g/mol. The lowest BCUT2D eigenvalue weighted by molar-refractivity contribution is -0.144. The van der Waals surface area contributed by atoms with Gasteiger partial charge in [0.05, 0.1) is 6.61 Å². The Morgan fingerprint density at radius 2 is 2.00 bits per heavy atom. The van der Waals surface area contributed by atoms with Crippen LogP contribution in [0.2, 0.25) is 0 Å². The number of rotatable bonds is 7. The van der Waals surface area contributed by atoms with Gasteiger partial charge in [-0.2, -0.15) is 0 Å². The summed E-state index contributed by atoms with van der Waals surface area (Å²) in [6.07, 6.45) is 5.59. The number of hydrogen-bond acceptors (Lipinski definition) is 4. The van der Waals surface area contributed by atoms with E-state index >= 15 is 0 Å². The second kappa shape index (κ2) is 8.51. The standard InChI is InChI=1S/C14H28N2O3/c1-10(2)9-19-16-14(18)13(17)12(15)8-11-6-4-3-5-7-11/h10-13,17H,3-9,15H2,1-2H3,(H,16,18). The van der Waals surface area contributed by atoms with Crippen LogP contribution in [0.25, 0.3) is 0 Å². The summed E-state index contributed by atoms with van der Waals surface area (Å²) in [5.74, 6) is 0.333. The molecule has 1 rings (SSSR count). The number of amides is 1. The molecule has 2 unspecified atom stereocenters. The van der Waals surface area contributed by atoms with Gasteiger partial charge in [0.1, 0.15) is 6.10 Å². The zero-order valence-electron chi connectivity index (χ0n) is 12.1. The Balaban J connectivity index is 2.25. The zero-order valence-corrected chi connectivity index (χ0v) is 12.1. The van der Waals surface area contributed by atoms with Gasteiger partial charge in [-0.1, -0.05) is 46.0 Å². The van der Waals surface area contributed by atoms with Crippen molar-refractivity contribution in [1.29, 1.82) is 0 Å². The maximum absolute atomic E-state index is 11.6. The fraction of sp³-hybridized carbons (Fsp3) is 0.929. The monoisotopic (exact) mass is 272 g/mol. The van der Waals surface area contributed by atoms with Crippen molar-refractivity contribution in [3.63, 3.8) is 0 Å². The summed E-state index contributed by atoms with van der Waals surface area (Å²) >= 11 is 0. The van der Waals surface area contributed by atoms with E-state index in [1.165, 1.54) is 19.3 Å². The maximum atomic E-state index is 11.6. The van der Waals surface area contributed by atoms with E-state index in [2.05, 4.69) is 5.48 Å². The van der Waals surface area contributed by atoms with Gasteiger partial charge in [-0.25, -0.2) is 5.48 Å². The molecule has 0 bridgehead atoms. The van der Waals surface area contributed by atoms with E-state index < -0.39 is 18.1 Å². The van der Waals surface area contributed by atoms with Crippen LogP contribution < -0.4 is 11.2 Å². The molecule has 0 spiro atoms. The first kappa shape index (κ1) is 16.4. The van der Waals surface area contributed by atoms with Gasteiger partial charge >= 0.3 is 0 Å². The summed E-state index contributed by atoms with van der Waals surface area (Å²) < 4.78 is 0. The first-order valence-electron chi connectivity index (χ1n) is 7.36. The Morgan fingerprint density at radius 1 is 1.37 bits per heavy atom. The molecule has 1 aliphatic carbocycles. The SMILES string of the molecule is CC(C)CONC(=O)C(O)C(N)CC1CCCCC1. The molecule has 5 nitrogen and oxygen atoms in total. The smallest absolute Gasteiger partial charge is 0.273 e. The Labute approximate surface area is 115 Å². The van der Waals surface area contributed by atoms with Crippen molar-refractivity contribution in [2.75, 3.05) is 6.61 Å². The lowest BCUT2D eigenvalue weighted by Crippen LogP contribution is -2.47. The van der Waals surface area contributed by atoms with Crippen molar-refractivity contribution in [2.24, 2.45) is 17.6 Å². The predicted octanol–water partition coefficient (Wildman–Crippen LogP) is 1.35. The highest BCUT2D eigenvalue weighted by Gasteiger charge is 2.26. The molecule has 5 heteroatoms. The average molecular weight is 272 g/mol. The Kier molecular flexibility index (Phi) is 7.34. The number of nitrogens with two attached hydrogens (primary N) is 1. The van der Waals surface area contributed by atoms with E-state index in [0.29, 0.717) is 24.9 Å². The van der Waals surface area contributed by atoms with Crippen molar-refractivity contribution < 1.29 is 14.7 Å². The molecule has 1 fully saturated rings. The molecule has 112 valence electrons. The first-order chi connectivity index (χ1) is 9.00. The number of carbonyl (C=O) groups is 1. The van der Waals surface area contributed by atoms with Crippen LogP contribution in [0.15, 0.2) is 0 Å². The number of hydroxylamine groups is 1. The molecule has 0 aliphatic heterocycles. The Hall–Kier alpha value is -0.650. The summed E-state index contributed by atoms with van der Waals surface area (Å²) in [4.78, 5) is 16.6. The predicted molar refractivity (Wildman–Crippen MR) is 74.1 cm³/mol. The lowest BCUT2D eigenvalue weighted by Gasteiger charge is -2.26. The average Bonchev–Trinajstić information content (AvgIpc) is 2.38. The van der Waals surface area contributed by atoms with Crippen LogP contribution >= 0.6 is 0 Å². The molecule has 0 heterocycles. The van der Waals surface area contributed by atoms with Gasteiger partial charge in [-0.05, 0) is 18.3 Å². The summed E-state index contributed by atoms with van der Waals surface area (Å²) in [6, 6.07) is -0.509. The third-order valence-corrected chi connectivity index (χ3v) is 3.59. The zero-order chi connectivity index (χ0) is 14.3. The van der Waals surface area contributed by atoms with Gasteiger partial charge in [-0.15, -0.1) is 0 Å². The minimum Gasteiger partial charge on any atom is -0.382 e. The minimum absolute atomic E-state index is 0.327. The van der Waals surface area contributed by atoms with Crippen molar-refractivity contribution in [2.45, 2.75) is 64.5 Å². The second-order valence-corrected chi connectivity index (χ2v) is 6.02. The van der Waals surface area contributed by atoms with Crippen molar-refractivity contribution in [3.05, 3.63) is 0 Å². The summed E-state index contributed by atoms with van der Waals surface area (Å²) in [5.41, 5.74) is 8.18. The third kappa shape index (κ3) is 6.36. The van der Waals surface area contributed by atoms with Gasteiger partial charge in [0.15, 0.2) is 0 Å². The molecule has 0 saturated heterocycles. The Morgan fingerprint density at radius 3 is 2.58 bits per heavy atom. The van der Waals surface area contributed by atoms with Crippen molar-refractivity contribution in [1.82, 2.24) is 5.48 Å². The van der Waals surface area contributed by atoms with Crippen LogP contribution in [0.1, 0.15) is 52.4 Å². The molecule has 0 aromatic heterocycles. The topological polar surface area (TPSA) is 84.6 Å². The van der Waals surface area contributed by atoms with E-state index in [1.54, 1.807) is 0 Å². The van der Waals surface area contributed by atoms with Gasteiger partial charge in [0, 0.05) is 6.04 Å². The maximum Gasteiger partial charge on any atom is 0.273 e. The van der Waals surface area contributed by atoms with E-state index in [1.807, 2.05) is 13.8 Å². The van der Waals surface area contributed by atoms with E-state index in [9.17, 15) is 9.90 Å². The molecule has 1 aliphatic rings. The van der Waals surface area contributed by atoms with Crippen molar-refractivity contribution >= 4 is 5.91 Å². The van der Waals surface area contributed by atoms with Crippen LogP contribution in [0.4, 0.5) is 0 Å². The van der Waals surface area contributed by atoms with Crippen LogP contribution in [0.5, 0.6) is 0 Å². The normalized spacial score (nSPS) is 20.3. The largest absolute Gasteiger partial charge is 0.382 e. The van der Waals surface area contributed by atoms with E-state index in [0.717, 1.165) is 12.8 Å². The van der Waals surface area contributed by atoms with Gasteiger partial charge in [0.25, 0.3) is 5.91 Å². The van der Waals surface area contributed by atoms with Crippen LogP contribution in [-0.4, -0.2) is 29.8 Å². The lowest BCUT2D eigenvalue weighted by atomic mass is 9.84. The quantitative estimate of drug-likeness (QED) is 0.611. The highest BCUT2D eigenvalue weighted by atomic mass is 16.7. The molecule has 19 heavy (non-hydrogen) atoms. The molecule has 0 aromatic rings. The second-order valence-electron chi connectivity index (χ2n) is 6.02. The highest BCUT2D eigenvalue weighted by Crippen LogP contribution is 2.27. The first-order valence-corrected chi connectivity index (χ1v) is 7.36. The number of carbonyl (C=O) groups excluding carboxylic acids is 1. The van der Waals surface area contributed by atoms with Gasteiger partial charge in [0.2, 0.25) is 0 Å².